The topological polar surface area (TPSA) is 31.2 Å². The summed E-state index contributed by atoms with van der Waals surface area (Å²) in [6.07, 6.45) is -2.61. The number of fused-ring (bicyclic) bond motifs is 1. The summed E-state index contributed by atoms with van der Waals surface area (Å²) in [4.78, 5) is 2.19. The lowest BCUT2D eigenvalue weighted by molar-refractivity contribution is -0.137. The molecule has 202 valence electrons. The van der Waals surface area contributed by atoms with Gasteiger partial charge in [-0.15, -0.1) is 0 Å². The predicted molar refractivity (Wildman–Crippen MR) is 159 cm³/mol. The first-order valence-electron chi connectivity index (χ1n) is 13.0. The van der Waals surface area contributed by atoms with Crippen molar-refractivity contribution in [2.24, 2.45) is 9.85 Å². The van der Waals surface area contributed by atoms with Crippen LogP contribution < -0.4 is 15.0 Å². The molecule has 1 atom stereocenters. The third-order valence-electron chi connectivity index (χ3n) is 7.55. The molecule has 0 saturated carbocycles. The van der Waals surface area contributed by atoms with Crippen molar-refractivity contribution in [1.82, 2.24) is 0 Å². The van der Waals surface area contributed by atoms with Gasteiger partial charge < -0.3 is 4.90 Å². The van der Waals surface area contributed by atoms with Crippen molar-refractivity contribution in [3.05, 3.63) is 131 Å². The molecule has 4 nitrogen and oxygen atoms in total. The highest BCUT2D eigenvalue weighted by Gasteiger charge is 2.48. The third kappa shape index (κ3) is 4.08. The minimum atomic E-state index is -4.48. The third-order valence-corrected chi connectivity index (χ3v) is 11.0. The number of benzene rings is 4. The largest absolute Gasteiger partial charge is 0.416 e. The highest BCUT2D eigenvalue weighted by Crippen LogP contribution is 2.68. The second-order valence-corrected chi connectivity index (χ2v) is 13.2. The van der Waals surface area contributed by atoms with Crippen molar-refractivity contribution in [3.8, 4) is 0 Å². The Balaban J connectivity index is 1.74. The molecule has 8 heteroatoms. The van der Waals surface area contributed by atoms with Gasteiger partial charge in [0.05, 0.1) is 28.5 Å². The van der Waals surface area contributed by atoms with E-state index in [9.17, 15) is 13.2 Å². The van der Waals surface area contributed by atoms with Gasteiger partial charge in [-0.3, -0.25) is 0 Å². The van der Waals surface area contributed by atoms with Gasteiger partial charge in [0.1, 0.15) is 7.21 Å². The number of rotatable bonds is 3. The van der Waals surface area contributed by atoms with E-state index in [-0.39, 0.29) is 5.69 Å². The molecule has 1 unspecified atom stereocenters. The average molecular weight is 557 g/mol. The molecule has 0 saturated heterocycles. The van der Waals surface area contributed by atoms with Crippen molar-refractivity contribution in [2.75, 3.05) is 16.7 Å². The molecule has 4 aromatic carbocycles. The number of alkyl halides is 3. The summed E-state index contributed by atoms with van der Waals surface area (Å²) in [7, 11) is -0.983. The minimum Gasteiger partial charge on any atom is -0.346 e. The molecule has 0 radical (unpaired) electrons. The molecule has 0 N–H and O–H groups in total. The molecule has 0 bridgehead atoms. The summed E-state index contributed by atoms with van der Waals surface area (Å²) in [5.74, 6) is 0. The van der Waals surface area contributed by atoms with Gasteiger partial charge in [0.2, 0.25) is 0 Å². The molecular weight excluding hydrogens is 528 g/mol. The molecular formula is C32H28F3N4P. The zero-order valence-corrected chi connectivity index (χ0v) is 23.2. The Hall–Kier alpha value is -4.09. The van der Waals surface area contributed by atoms with Crippen LogP contribution in [-0.2, 0) is 11.6 Å². The maximum absolute atomic E-state index is 13.8. The fourth-order valence-corrected chi connectivity index (χ4v) is 9.44. The number of halogens is 3. The zero-order chi connectivity index (χ0) is 28.1. The van der Waals surface area contributed by atoms with Crippen LogP contribution in [0.2, 0.25) is 0 Å². The molecule has 2 heterocycles. The van der Waals surface area contributed by atoms with Crippen molar-refractivity contribution in [1.29, 1.82) is 0 Å². The van der Waals surface area contributed by atoms with Gasteiger partial charge in [-0.2, -0.15) is 18.3 Å². The maximum Gasteiger partial charge on any atom is 0.416 e. The Morgan fingerprint density at radius 2 is 1.45 bits per heavy atom. The smallest absolute Gasteiger partial charge is 0.346 e. The highest BCUT2D eigenvalue weighted by molar-refractivity contribution is 7.80. The van der Waals surface area contributed by atoms with E-state index in [1.54, 1.807) is 6.07 Å². The Labute approximate surface area is 232 Å². The fourth-order valence-electron chi connectivity index (χ4n) is 5.77. The summed E-state index contributed by atoms with van der Waals surface area (Å²) in [6.45, 7) is 4.36. The van der Waals surface area contributed by atoms with Gasteiger partial charge in [-0.05, 0) is 42.0 Å². The van der Waals surface area contributed by atoms with E-state index >= 15 is 0 Å². The van der Waals surface area contributed by atoms with E-state index in [4.69, 9.17) is 9.85 Å². The summed E-state index contributed by atoms with van der Waals surface area (Å²) in [5.41, 5.74) is 3.24. The molecule has 0 fully saturated rings. The van der Waals surface area contributed by atoms with Crippen LogP contribution >= 0.6 is 7.21 Å². The summed E-state index contributed by atoms with van der Waals surface area (Å²) in [5, 5.41) is 6.75. The highest BCUT2D eigenvalue weighted by atomic mass is 31.2. The van der Waals surface area contributed by atoms with E-state index in [0.29, 0.717) is 0 Å². The van der Waals surface area contributed by atoms with Gasteiger partial charge in [0, 0.05) is 29.2 Å². The molecule has 4 aromatic rings. The molecule has 0 aliphatic carbocycles. The standard InChI is InChI=1S/C32H28F3N4P/c1-31(2)27-19-10-11-20-28(27)38(3)30(31)29-22-36-39(25-15-6-4-7-16-25)40(29,26-17-8-5-9-18-26)37-24-14-12-13-23(21-24)32(33,34)35/h4-22H,1-3H3. The van der Waals surface area contributed by atoms with Crippen LogP contribution in [0, 0.1) is 0 Å². The number of hydrogen-bond donors (Lipinski definition) is 0. The van der Waals surface area contributed by atoms with E-state index in [2.05, 4.69) is 30.9 Å². The summed E-state index contributed by atoms with van der Waals surface area (Å²) in [6, 6.07) is 33.1. The molecule has 2 aliphatic heterocycles. The number of likely N-dealkylation sites (N-methyl/N-ethyl adjacent to an activating group) is 1. The van der Waals surface area contributed by atoms with Crippen molar-refractivity contribution in [3.63, 3.8) is 0 Å². The maximum atomic E-state index is 13.8. The first kappa shape index (κ1) is 26.1. The van der Waals surface area contributed by atoms with E-state index in [1.807, 2.05) is 90.8 Å². The van der Waals surface area contributed by atoms with Crippen molar-refractivity contribution >= 4 is 35.8 Å². The molecule has 6 rings (SSSR count). The molecule has 2 aliphatic rings. The number of para-hydroxylation sites is 2. The second-order valence-electron chi connectivity index (χ2n) is 10.4. The lowest BCUT2D eigenvalue weighted by Gasteiger charge is -2.35. The van der Waals surface area contributed by atoms with Gasteiger partial charge in [-0.25, -0.2) is 9.52 Å². The second kappa shape index (κ2) is 9.53. The lowest BCUT2D eigenvalue weighted by atomic mass is 9.84. The Bertz CT molecular complexity index is 1690. The van der Waals surface area contributed by atoms with Gasteiger partial charge in [0.15, 0.2) is 0 Å². The number of allylic oxidation sites excluding steroid dienone is 2. The van der Waals surface area contributed by atoms with Crippen LogP contribution in [0.15, 0.2) is 130 Å². The van der Waals surface area contributed by atoms with Crippen LogP contribution in [0.3, 0.4) is 0 Å². The van der Waals surface area contributed by atoms with Crippen LogP contribution in [0.4, 0.5) is 30.2 Å². The first-order valence-corrected chi connectivity index (χ1v) is 14.7. The SMILES string of the molecule is CN1C(=C2C=NN(c3ccccc3)P2(=Nc2cccc(C(F)(F)F)c2)c2ccccc2)C(C)(C)c2ccccc21. The van der Waals surface area contributed by atoms with Gasteiger partial charge >= 0.3 is 6.18 Å². The number of hydrazone groups is 1. The lowest BCUT2D eigenvalue weighted by Crippen LogP contribution is -2.27. The average Bonchev–Trinajstić information content (AvgIpc) is 3.41. The van der Waals surface area contributed by atoms with Crippen LogP contribution in [-0.4, -0.2) is 13.3 Å². The Morgan fingerprint density at radius 3 is 2.12 bits per heavy atom. The molecule has 0 spiro atoms. The van der Waals surface area contributed by atoms with Crippen LogP contribution in [0.5, 0.6) is 0 Å². The van der Waals surface area contributed by atoms with Gasteiger partial charge in [0.25, 0.3) is 0 Å². The van der Waals surface area contributed by atoms with Crippen LogP contribution in [0.1, 0.15) is 25.0 Å². The van der Waals surface area contributed by atoms with Crippen molar-refractivity contribution < 1.29 is 13.2 Å². The summed E-state index contributed by atoms with van der Waals surface area (Å²) < 4.78 is 48.6. The monoisotopic (exact) mass is 556 g/mol. The van der Waals surface area contributed by atoms with Crippen LogP contribution in [0.25, 0.3) is 0 Å². The Morgan fingerprint density at radius 1 is 0.800 bits per heavy atom. The number of nitrogens with zero attached hydrogens (tertiary/aromatic N) is 4. The van der Waals surface area contributed by atoms with E-state index in [1.165, 1.54) is 11.6 Å². The van der Waals surface area contributed by atoms with Crippen molar-refractivity contribution in [2.45, 2.75) is 25.4 Å². The van der Waals surface area contributed by atoms with Gasteiger partial charge in [-0.1, -0.05) is 86.6 Å². The van der Waals surface area contributed by atoms with E-state index < -0.39 is 24.4 Å². The van der Waals surface area contributed by atoms with E-state index in [0.717, 1.165) is 39.8 Å². The fraction of sp³-hybridized carbons (Fsp3) is 0.156. The normalized spacial score (nSPS) is 21.6. The predicted octanol–water partition coefficient (Wildman–Crippen LogP) is 8.92. The number of anilines is 2. The minimum absolute atomic E-state index is 0.257. The quantitative estimate of drug-likeness (QED) is 0.236. The molecule has 0 amide bonds. The molecule has 0 aromatic heterocycles. The zero-order valence-electron chi connectivity index (χ0n) is 22.3. The first-order chi connectivity index (χ1) is 19.1. The number of hydrogen-bond acceptors (Lipinski definition) is 3. The summed E-state index contributed by atoms with van der Waals surface area (Å²) >= 11 is 0. The molecule has 40 heavy (non-hydrogen) atoms. The Kier molecular flexibility index (Phi) is 6.23.